The molecule has 0 aliphatic carbocycles. The van der Waals surface area contributed by atoms with E-state index in [0.717, 1.165) is 62.3 Å². The molecule has 286 valence electrons. The van der Waals surface area contributed by atoms with Crippen LogP contribution in [0.5, 0.6) is 11.5 Å². The van der Waals surface area contributed by atoms with E-state index in [1.165, 1.54) is 11.1 Å². The van der Waals surface area contributed by atoms with Gasteiger partial charge >= 0.3 is 33.6 Å². The summed E-state index contributed by atoms with van der Waals surface area (Å²) in [6, 6.07) is 8.33. The van der Waals surface area contributed by atoms with E-state index >= 15 is 0 Å². The number of rotatable bonds is 0. The molecule has 0 amide bonds. The van der Waals surface area contributed by atoms with Gasteiger partial charge in [-0.05, 0) is 68.9 Å². The predicted octanol–water partition coefficient (Wildman–Crippen LogP) is 2.06. The molecule has 0 atom stereocenters. The minimum Gasteiger partial charge on any atom is -0.872 e. The third kappa shape index (κ3) is 18.9. The Hall–Kier alpha value is -2.17. The quantitative estimate of drug-likeness (QED) is 0.310. The molecule has 0 spiro atoms. The molecular formula is C38H60Co2N4O6. The Labute approximate surface area is 321 Å². The van der Waals surface area contributed by atoms with Crippen molar-refractivity contribution in [2.75, 3.05) is 26.2 Å². The number of carbonyl (C=O) groups is 2. The number of carboxylic acids is 2. The summed E-state index contributed by atoms with van der Waals surface area (Å²) in [5.41, 5.74) is 5.48. The van der Waals surface area contributed by atoms with Crippen LogP contribution in [0, 0.1) is 10.8 Å². The number of hydrogen-bond acceptors (Lipinski definition) is 10. The second kappa shape index (κ2) is 21.4. The van der Waals surface area contributed by atoms with Gasteiger partial charge < -0.3 is 51.3 Å². The van der Waals surface area contributed by atoms with Crippen LogP contribution in [0.4, 0.5) is 0 Å². The molecular weight excluding hydrogens is 726 g/mol. The van der Waals surface area contributed by atoms with Crippen LogP contribution in [-0.4, -0.2) is 38.1 Å². The van der Waals surface area contributed by atoms with E-state index in [-0.39, 0.29) is 66.7 Å². The Morgan fingerprint density at radius 1 is 0.540 bits per heavy atom. The SMILES string of the molecule is CC(=O)[O-].CC(=O)[O-].CC1(C)CNCc2cc(C(C)(C)C)cc(c2[O-])CNCC(C)(C)CNCc2cc(C(C)(C)C)cc(c2[O-])CNC1.[Co+2].[Co+2]. The molecule has 2 aromatic rings. The summed E-state index contributed by atoms with van der Waals surface area (Å²) >= 11 is 0. The molecule has 1 aliphatic heterocycles. The van der Waals surface area contributed by atoms with Crippen molar-refractivity contribution in [3.05, 3.63) is 57.6 Å². The molecule has 50 heavy (non-hydrogen) atoms. The van der Waals surface area contributed by atoms with E-state index < -0.39 is 11.9 Å². The Morgan fingerprint density at radius 3 is 0.880 bits per heavy atom. The maximum atomic E-state index is 13.4. The monoisotopic (exact) mass is 786 g/mol. The van der Waals surface area contributed by atoms with Gasteiger partial charge in [-0.1, -0.05) is 105 Å². The molecule has 2 radical (unpaired) electrons. The predicted molar refractivity (Wildman–Crippen MR) is 185 cm³/mol. The summed E-state index contributed by atoms with van der Waals surface area (Å²) in [7, 11) is 0. The zero-order valence-corrected chi connectivity index (χ0v) is 34.2. The van der Waals surface area contributed by atoms with Gasteiger partial charge in [0.1, 0.15) is 0 Å². The van der Waals surface area contributed by atoms with Gasteiger partial charge in [0.2, 0.25) is 0 Å². The van der Waals surface area contributed by atoms with Crippen LogP contribution in [0.1, 0.15) is 116 Å². The fourth-order valence-electron chi connectivity index (χ4n) is 5.17. The maximum Gasteiger partial charge on any atom is 2.00 e. The molecule has 0 fully saturated rings. The molecule has 3 rings (SSSR count). The molecule has 2 aromatic carbocycles. The Bertz CT molecular complexity index is 1190. The van der Waals surface area contributed by atoms with E-state index in [4.69, 9.17) is 19.8 Å². The second-order valence-electron chi connectivity index (χ2n) is 16.5. The smallest absolute Gasteiger partial charge is 0.872 e. The number of carbonyl (C=O) groups excluding carboxylic acids is 2. The standard InChI is InChI=1S/C34H56N4O2.2C2H4O2.2Co/c1-31(2,3)27-11-23-15-35-19-33(7,8)21-37-17-25-13-28(32(4,5)6)14-26(30(25)40)18-38-22-34(9,10)20-36-16-24(12-27)29(23)39;2*1-2(3)4;;/h11-14,35-40H,15-22H2,1-10H3;2*1H3,(H,3,4);;/q;;;2*+2/p-4. The third-order valence-corrected chi connectivity index (χ3v) is 7.89. The first-order valence-corrected chi connectivity index (χ1v) is 16.7. The zero-order valence-electron chi connectivity index (χ0n) is 32.1. The first-order valence-electron chi connectivity index (χ1n) is 16.7. The van der Waals surface area contributed by atoms with Crippen molar-refractivity contribution in [2.45, 2.75) is 120 Å². The van der Waals surface area contributed by atoms with E-state index in [0.29, 0.717) is 26.2 Å². The van der Waals surface area contributed by atoms with Crippen LogP contribution in [0.3, 0.4) is 0 Å². The van der Waals surface area contributed by atoms with Crippen molar-refractivity contribution < 1.29 is 63.6 Å². The minimum atomic E-state index is -1.08. The number of hydrogen-bond donors (Lipinski definition) is 4. The normalized spacial score (nSPS) is 16.7. The molecule has 0 unspecified atom stereocenters. The summed E-state index contributed by atoms with van der Waals surface area (Å²) in [5, 5.41) is 58.9. The van der Waals surface area contributed by atoms with Crippen molar-refractivity contribution in [2.24, 2.45) is 10.8 Å². The van der Waals surface area contributed by atoms with Crippen molar-refractivity contribution >= 4 is 11.9 Å². The number of fused-ring (bicyclic) bond motifs is 4. The zero-order chi connectivity index (χ0) is 37.1. The molecule has 4 bridgehead atoms. The topological polar surface area (TPSA) is 174 Å². The van der Waals surface area contributed by atoms with Crippen molar-refractivity contribution in [1.29, 1.82) is 0 Å². The molecule has 1 aliphatic rings. The van der Waals surface area contributed by atoms with Crippen LogP contribution >= 0.6 is 0 Å². The van der Waals surface area contributed by atoms with Crippen LogP contribution in [0.15, 0.2) is 24.3 Å². The number of aliphatic carboxylic acids is 2. The van der Waals surface area contributed by atoms with E-state index in [1.54, 1.807) is 0 Å². The summed E-state index contributed by atoms with van der Waals surface area (Å²) in [5.74, 6) is -1.91. The largest absolute Gasteiger partial charge is 2.00 e. The molecule has 0 aromatic heterocycles. The van der Waals surface area contributed by atoms with Gasteiger partial charge in [0.25, 0.3) is 0 Å². The van der Waals surface area contributed by atoms with Crippen molar-refractivity contribution in [1.82, 2.24) is 21.3 Å². The van der Waals surface area contributed by atoms with E-state index in [9.17, 15) is 10.2 Å². The Morgan fingerprint density at radius 2 is 0.720 bits per heavy atom. The molecule has 1 heterocycles. The van der Waals surface area contributed by atoms with Crippen LogP contribution in [-0.2, 0) is 80.2 Å². The van der Waals surface area contributed by atoms with Gasteiger partial charge in [-0.3, -0.25) is 0 Å². The van der Waals surface area contributed by atoms with Crippen molar-refractivity contribution in [3.8, 4) is 11.5 Å². The first-order chi connectivity index (χ1) is 21.8. The number of nitrogens with one attached hydrogen (secondary N) is 4. The van der Waals surface area contributed by atoms with Crippen molar-refractivity contribution in [3.63, 3.8) is 0 Å². The molecule has 4 N–H and O–H groups in total. The van der Waals surface area contributed by atoms with Gasteiger partial charge in [-0.15, -0.1) is 0 Å². The van der Waals surface area contributed by atoms with E-state index in [1.807, 2.05) is 0 Å². The molecule has 12 heteroatoms. The summed E-state index contributed by atoms with van der Waals surface area (Å²) in [6.45, 7) is 29.1. The fraction of sp³-hybridized carbons (Fsp3) is 0.632. The van der Waals surface area contributed by atoms with Crippen LogP contribution in [0.2, 0.25) is 0 Å². The Balaban J connectivity index is 0. The second-order valence-corrected chi connectivity index (χ2v) is 16.5. The maximum absolute atomic E-state index is 13.4. The van der Waals surface area contributed by atoms with Gasteiger partial charge in [-0.2, -0.15) is 0 Å². The van der Waals surface area contributed by atoms with Crippen LogP contribution in [0.25, 0.3) is 0 Å². The van der Waals surface area contributed by atoms with Gasteiger partial charge in [-0.25, -0.2) is 0 Å². The van der Waals surface area contributed by atoms with Gasteiger partial charge in [0.15, 0.2) is 0 Å². The van der Waals surface area contributed by atoms with Crippen LogP contribution < -0.4 is 41.7 Å². The fourth-order valence-corrected chi connectivity index (χ4v) is 5.17. The summed E-state index contributed by atoms with van der Waals surface area (Å²) in [4.78, 5) is 17.8. The van der Waals surface area contributed by atoms with Gasteiger partial charge in [0.05, 0.1) is 0 Å². The van der Waals surface area contributed by atoms with Gasteiger partial charge in [0, 0.05) is 64.3 Å². The average Bonchev–Trinajstić information content (AvgIpc) is 2.89. The molecule has 10 nitrogen and oxygen atoms in total. The Kier molecular flexibility index (Phi) is 21.4. The number of carboxylic acid groups (broad SMARTS) is 2. The summed E-state index contributed by atoms with van der Waals surface area (Å²) in [6.07, 6.45) is 0. The van der Waals surface area contributed by atoms with E-state index in [2.05, 4.69) is 115 Å². The summed E-state index contributed by atoms with van der Waals surface area (Å²) < 4.78 is 0. The average molecular weight is 787 g/mol. The molecule has 0 saturated carbocycles. The third-order valence-electron chi connectivity index (χ3n) is 7.89. The molecule has 0 saturated heterocycles. The minimum absolute atomic E-state index is 0. The first kappa shape index (κ1) is 49.9. The number of benzene rings is 2.